The van der Waals surface area contributed by atoms with Gasteiger partial charge in [0.1, 0.15) is 0 Å². The van der Waals surface area contributed by atoms with E-state index in [0.717, 1.165) is 61.7 Å². The number of amides is 1. The van der Waals surface area contributed by atoms with Gasteiger partial charge in [0.25, 0.3) is 5.91 Å². The molecule has 25 heavy (non-hydrogen) atoms. The molecule has 0 radical (unpaired) electrons. The molecule has 1 N–H and O–H groups in total. The molecule has 2 aliphatic rings. The summed E-state index contributed by atoms with van der Waals surface area (Å²) in [5, 5.41) is 3.35. The number of nitrogens with one attached hydrogen (secondary N) is 1. The predicted molar refractivity (Wildman–Crippen MR) is 98.0 cm³/mol. The molecule has 4 rings (SSSR count). The fraction of sp³-hybridized carbons (Fsp3) is 0.421. The summed E-state index contributed by atoms with van der Waals surface area (Å²) in [6, 6.07) is 8.07. The van der Waals surface area contributed by atoms with Crippen LogP contribution in [0.3, 0.4) is 0 Å². The maximum absolute atomic E-state index is 13.0. The second-order valence-electron chi connectivity index (χ2n) is 6.69. The van der Waals surface area contributed by atoms with E-state index in [1.807, 2.05) is 30.1 Å². The van der Waals surface area contributed by atoms with Crippen LogP contribution in [0.5, 0.6) is 0 Å². The number of nitrogens with zero attached hydrogens (tertiary/aromatic N) is 4. The predicted octanol–water partition coefficient (Wildman–Crippen LogP) is 2.19. The second kappa shape index (κ2) is 6.70. The van der Waals surface area contributed by atoms with Crippen molar-refractivity contribution in [3.8, 4) is 0 Å². The molecular weight excluding hydrogens is 314 g/mol. The summed E-state index contributed by atoms with van der Waals surface area (Å²) < 4.78 is 0. The summed E-state index contributed by atoms with van der Waals surface area (Å²) in [6.45, 7) is 2.67. The van der Waals surface area contributed by atoms with E-state index in [0.29, 0.717) is 0 Å². The Morgan fingerprint density at radius 3 is 2.72 bits per heavy atom. The molecule has 2 aromatic rings. The van der Waals surface area contributed by atoms with Crippen LogP contribution >= 0.6 is 0 Å². The van der Waals surface area contributed by atoms with Gasteiger partial charge in [-0.2, -0.15) is 0 Å². The lowest BCUT2D eigenvalue weighted by molar-refractivity contribution is 0.0708. The quantitative estimate of drug-likeness (QED) is 0.930. The van der Waals surface area contributed by atoms with E-state index >= 15 is 0 Å². The number of hydrogen-bond donors (Lipinski definition) is 1. The fourth-order valence-corrected chi connectivity index (χ4v) is 3.81. The van der Waals surface area contributed by atoms with Crippen molar-refractivity contribution in [2.24, 2.45) is 0 Å². The van der Waals surface area contributed by atoms with Crippen molar-refractivity contribution in [1.82, 2.24) is 14.9 Å². The number of carbonyl (C=O) groups is 1. The molecule has 1 aromatic heterocycles. The highest BCUT2D eigenvalue weighted by molar-refractivity contribution is 5.97. The van der Waals surface area contributed by atoms with Crippen LogP contribution in [0, 0.1) is 0 Å². The smallest absolute Gasteiger partial charge is 0.254 e. The minimum absolute atomic E-state index is 0.134. The van der Waals surface area contributed by atoms with E-state index in [1.54, 1.807) is 12.4 Å². The van der Waals surface area contributed by atoms with Crippen molar-refractivity contribution in [3.05, 3.63) is 47.8 Å². The van der Waals surface area contributed by atoms with Gasteiger partial charge in [-0.25, -0.2) is 9.97 Å². The Labute approximate surface area is 147 Å². The normalized spacial score (nSPS) is 17.1. The van der Waals surface area contributed by atoms with E-state index in [4.69, 9.17) is 0 Å². The molecule has 0 unspecified atom stereocenters. The molecule has 3 heterocycles. The van der Waals surface area contributed by atoms with Crippen molar-refractivity contribution in [1.29, 1.82) is 0 Å². The van der Waals surface area contributed by atoms with Crippen LogP contribution in [0.4, 0.5) is 11.6 Å². The van der Waals surface area contributed by atoms with Crippen LogP contribution in [0.1, 0.15) is 28.8 Å². The lowest BCUT2D eigenvalue weighted by Crippen LogP contribution is -2.46. The highest BCUT2D eigenvalue weighted by Gasteiger charge is 2.28. The summed E-state index contributed by atoms with van der Waals surface area (Å²) in [6.07, 6.45) is 6.35. The van der Waals surface area contributed by atoms with Crippen molar-refractivity contribution in [2.45, 2.75) is 25.3 Å². The number of benzene rings is 1. The molecular formula is C19H23N5O. The van der Waals surface area contributed by atoms with Crippen LogP contribution in [-0.2, 0) is 6.42 Å². The molecule has 1 fully saturated rings. The highest BCUT2D eigenvalue weighted by atomic mass is 16.2. The van der Waals surface area contributed by atoms with Crippen LogP contribution in [-0.4, -0.2) is 53.5 Å². The number of anilines is 2. The Balaban J connectivity index is 1.43. The zero-order chi connectivity index (χ0) is 17.2. The molecule has 0 spiro atoms. The number of piperidine rings is 1. The molecule has 1 aromatic carbocycles. The van der Waals surface area contributed by atoms with Crippen LogP contribution < -0.4 is 10.2 Å². The van der Waals surface area contributed by atoms with Gasteiger partial charge in [0.05, 0.1) is 0 Å². The number of fused-ring (bicyclic) bond motifs is 1. The third-order valence-electron chi connectivity index (χ3n) is 5.26. The molecule has 1 amide bonds. The van der Waals surface area contributed by atoms with Crippen molar-refractivity contribution >= 4 is 17.5 Å². The molecule has 0 aliphatic carbocycles. The standard InChI is InChI=1S/C19H23N5O/c1-23(18(25)16-4-2-5-17-15(16)6-11-20-17)14-7-12-24(13-8-14)19-21-9-3-10-22-19/h2-5,9-10,14,20H,6-8,11-13H2,1H3. The van der Waals surface area contributed by atoms with Gasteiger partial charge in [0.15, 0.2) is 0 Å². The van der Waals surface area contributed by atoms with Gasteiger partial charge in [-0.1, -0.05) is 6.07 Å². The summed E-state index contributed by atoms with van der Waals surface area (Å²) in [7, 11) is 1.93. The van der Waals surface area contributed by atoms with E-state index in [-0.39, 0.29) is 11.9 Å². The monoisotopic (exact) mass is 337 g/mol. The molecule has 2 aliphatic heterocycles. The maximum Gasteiger partial charge on any atom is 0.254 e. The van der Waals surface area contributed by atoms with Crippen LogP contribution in [0.2, 0.25) is 0 Å². The Bertz CT molecular complexity index is 756. The lowest BCUT2D eigenvalue weighted by atomic mass is 10.00. The van der Waals surface area contributed by atoms with Gasteiger partial charge >= 0.3 is 0 Å². The van der Waals surface area contributed by atoms with E-state index < -0.39 is 0 Å². The van der Waals surface area contributed by atoms with E-state index in [1.165, 1.54) is 0 Å². The Morgan fingerprint density at radius 1 is 1.20 bits per heavy atom. The van der Waals surface area contributed by atoms with Crippen molar-refractivity contribution < 1.29 is 4.79 Å². The number of aromatic nitrogens is 2. The first kappa shape index (κ1) is 15.9. The average Bonchev–Trinajstić information content (AvgIpc) is 3.16. The number of rotatable bonds is 3. The fourth-order valence-electron chi connectivity index (χ4n) is 3.81. The summed E-state index contributed by atoms with van der Waals surface area (Å²) in [5.74, 6) is 0.914. The van der Waals surface area contributed by atoms with Crippen molar-refractivity contribution in [3.63, 3.8) is 0 Å². The Morgan fingerprint density at radius 2 is 1.96 bits per heavy atom. The molecule has 6 nitrogen and oxygen atoms in total. The van der Waals surface area contributed by atoms with Gasteiger partial charge in [-0.3, -0.25) is 4.79 Å². The van der Waals surface area contributed by atoms with Crippen LogP contribution in [0.25, 0.3) is 0 Å². The van der Waals surface area contributed by atoms with Gasteiger partial charge in [0, 0.05) is 56.4 Å². The maximum atomic E-state index is 13.0. The Kier molecular flexibility index (Phi) is 4.26. The third kappa shape index (κ3) is 3.04. The third-order valence-corrected chi connectivity index (χ3v) is 5.26. The first-order valence-corrected chi connectivity index (χ1v) is 8.89. The SMILES string of the molecule is CN(C(=O)c1cccc2c1CCN2)C1CCN(c2ncccn2)CC1. The highest BCUT2D eigenvalue weighted by Crippen LogP contribution is 2.27. The molecule has 0 atom stereocenters. The summed E-state index contributed by atoms with van der Waals surface area (Å²) in [4.78, 5) is 25.8. The minimum Gasteiger partial charge on any atom is -0.384 e. The molecule has 130 valence electrons. The first-order valence-electron chi connectivity index (χ1n) is 8.89. The summed E-state index contributed by atoms with van der Waals surface area (Å²) in [5.41, 5.74) is 3.11. The molecule has 6 heteroatoms. The molecule has 1 saturated heterocycles. The largest absolute Gasteiger partial charge is 0.384 e. The Hall–Kier alpha value is -2.63. The number of carbonyl (C=O) groups excluding carboxylic acids is 1. The van der Waals surface area contributed by atoms with Crippen molar-refractivity contribution in [2.75, 3.05) is 36.9 Å². The number of hydrogen-bond acceptors (Lipinski definition) is 5. The van der Waals surface area contributed by atoms with Gasteiger partial charge < -0.3 is 15.1 Å². The zero-order valence-corrected chi connectivity index (χ0v) is 14.5. The second-order valence-corrected chi connectivity index (χ2v) is 6.69. The van der Waals surface area contributed by atoms with Gasteiger partial charge in [-0.05, 0) is 43.0 Å². The zero-order valence-electron chi connectivity index (χ0n) is 14.5. The average molecular weight is 337 g/mol. The topological polar surface area (TPSA) is 61.4 Å². The minimum atomic E-state index is 0.134. The first-order chi connectivity index (χ1) is 12.2. The van der Waals surface area contributed by atoms with Gasteiger partial charge in [0.2, 0.25) is 5.95 Å². The summed E-state index contributed by atoms with van der Waals surface area (Å²) >= 11 is 0. The van der Waals surface area contributed by atoms with E-state index in [9.17, 15) is 4.79 Å². The molecule has 0 saturated carbocycles. The lowest BCUT2D eigenvalue weighted by Gasteiger charge is -2.37. The molecule has 0 bridgehead atoms. The van der Waals surface area contributed by atoms with Gasteiger partial charge in [-0.15, -0.1) is 0 Å². The van der Waals surface area contributed by atoms with Crippen LogP contribution in [0.15, 0.2) is 36.7 Å². The van der Waals surface area contributed by atoms with E-state index in [2.05, 4.69) is 26.3 Å².